The summed E-state index contributed by atoms with van der Waals surface area (Å²) in [5.74, 6) is 2.24. The Morgan fingerprint density at radius 2 is 1.90 bits per heavy atom. The summed E-state index contributed by atoms with van der Waals surface area (Å²) in [7, 11) is -2.00. The minimum Gasteiger partial charge on any atom is -0.493 e. The van der Waals surface area contributed by atoms with Crippen molar-refractivity contribution in [1.29, 1.82) is 0 Å². The number of benzene rings is 2. The van der Waals surface area contributed by atoms with Crippen LogP contribution in [0.5, 0.6) is 11.5 Å². The van der Waals surface area contributed by atoms with Gasteiger partial charge in [-0.05, 0) is 74.1 Å². The van der Waals surface area contributed by atoms with Gasteiger partial charge in [0.05, 0.1) is 29.9 Å². The first kappa shape index (κ1) is 26.7. The van der Waals surface area contributed by atoms with E-state index in [1.807, 2.05) is 36.4 Å². The average Bonchev–Trinajstić information content (AvgIpc) is 3.66. The quantitative estimate of drug-likeness (QED) is 0.492. The second kappa shape index (κ2) is 9.45. The predicted octanol–water partition coefficient (Wildman–Crippen LogP) is 4.12. The van der Waals surface area contributed by atoms with Crippen molar-refractivity contribution in [2.24, 2.45) is 11.8 Å². The van der Waals surface area contributed by atoms with Crippen LogP contribution >= 0.6 is 0 Å². The van der Waals surface area contributed by atoms with Gasteiger partial charge in [-0.2, -0.15) is 4.31 Å². The van der Waals surface area contributed by atoms with E-state index in [1.165, 1.54) is 18.4 Å². The Labute approximate surface area is 238 Å². The van der Waals surface area contributed by atoms with E-state index in [1.54, 1.807) is 11.4 Å². The van der Waals surface area contributed by atoms with Crippen molar-refractivity contribution in [3.8, 4) is 11.5 Å². The first-order chi connectivity index (χ1) is 19.2. The normalized spacial score (nSPS) is 32.7. The molecule has 0 aromatic heterocycles. The van der Waals surface area contributed by atoms with E-state index in [2.05, 4.69) is 24.8 Å². The summed E-state index contributed by atoms with van der Waals surface area (Å²) in [5.41, 5.74) is 1.45. The van der Waals surface area contributed by atoms with Crippen LogP contribution in [0, 0.1) is 11.8 Å². The number of likely N-dealkylation sites (tertiary alicyclic amines) is 1. The van der Waals surface area contributed by atoms with Crippen LogP contribution in [-0.2, 0) is 27.6 Å². The molecular weight excluding hydrogens is 524 g/mol. The van der Waals surface area contributed by atoms with Crippen molar-refractivity contribution in [3.63, 3.8) is 0 Å². The summed E-state index contributed by atoms with van der Waals surface area (Å²) in [6.45, 7) is 6.50. The number of ether oxygens (including phenoxy) is 2. The van der Waals surface area contributed by atoms with E-state index in [0.717, 1.165) is 48.7 Å². The molecule has 2 heterocycles. The fourth-order valence-corrected chi connectivity index (χ4v) is 10.5. The van der Waals surface area contributed by atoms with Crippen LogP contribution in [0.3, 0.4) is 0 Å². The van der Waals surface area contributed by atoms with Crippen molar-refractivity contribution in [2.75, 3.05) is 26.7 Å². The molecule has 0 amide bonds. The maximum absolute atomic E-state index is 14.2. The summed E-state index contributed by atoms with van der Waals surface area (Å²) >= 11 is 0. The number of nitrogens with zero attached hydrogens (tertiary/aromatic N) is 2. The summed E-state index contributed by atoms with van der Waals surface area (Å²) in [6, 6.07) is 13.2. The molecule has 7 rings (SSSR count). The summed E-state index contributed by atoms with van der Waals surface area (Å²) in [6.07, 6.45) is 4.78. The van der Waals surface area contributed by atoms with Crippen molar-refractivity contribution < 1.29 is 23.0 Å². The van der Waals surface area contributed by atoms with Crippen LogP contribution in [0.25, 0.3) is 0 Å². The van der Waals surface area contributed by atoms with Crippen LogP contribution in [0.4, 0.5) is 0 Å². The fourth-order valence-electron chi connectivity index (χ4n) is 8.58. The Morgan fingerprint density at radius 3 is 2.60 bits per heavy atom. The molecule has 3 aliphatic carbocycles. The SMILES string of the molecule is COc1ccc2c3c1O[C@H]1[C@@H](N(CC(C)C)S(=O)(=O)Cc4ccccc4)CC[C@@]4(O)[C@@H](C2)N(CC2CC2)CC[C@]314. The van der Waals surface area contributed by atoms with Crippen molar-refractivity contribution in [2.45, 2.75) is 87.3 Å². The third kappa shape index (κ3) is 3.89. The zero-order chi connectivity index (χ0) is 27.9. The van der Waals surface area contributed by atoms with E-state index < -0.39 is 27.1 Å². The molecule has 8 heteroatoms. The zero-order valence-corrected chi connectivity index (χ0v) is 24.7. The van der Waals surface area contributed by atoms with Gasteiger partial charge in [0.25, 0.3) is 0 Å². The lowest BCUT2D eigenvalue weighted by molar-refractivity contribution is -0.196. The Morgan fingerprint density at radius 1 is 1.12 bits per heavy atom. The molecule has 0 unspecified atom stereocenters. The predicted molar refractivity (Wildman–Crippen MR) is 154 cm³/mol. The lowest BCUT2D eigenvalue weighted by Gasteiger charge is -2.64. The summed E-state index contributed by atoms with van der Waals surface area (Å²) in [5, 5.41) is 12.9. The topological polar surface area (TPSA) is 79.3 Å². The summed E-state index contributed by atoms with van der Waals surface area (Å²) < 4.78 is 42.8. The molecule has 7 nitrogen and oxygen atoms in total. The number of aliphatic hydroxyl groups is 1. The molecule has 2 saturated carbocycles. The third-order valence-corrected chi connectivity index (χ3v) is 12.2. The monoisotopic (exact) mass is 566 g/mol. The highest BCUT2D eigenvalue weighted by Gasteiger charge is 2.73. The number of piperidine rings is 1. The Balaban J connectivity index is 1.34. The van der Waals surface area contributed by atoms with Gasteiger partial charge in [-0.15, -0.1) is 0 Å². The van der Waals surface area contributed by atoms with Crippen molar-refractivity contribution in [3.05, 3.63) is 59.2 Å². The molecule has 1 spiro atoms. The first-order valence-corrected chi connectivity index (χ1v) is 16.7. The van der Waals surface area contributed by atoms with Crippen LogP contribution in [0.2, 0.25) is 0 Å². The van der Waals surface area contributed by atoms with Gasteiger partial charge in [0.2, 0.25) is 10.0 Å². The zero-order valence-electron chi connectivity index (χ0n) is 23.9. The average molecular weight is 567 g/mol. The molecule has 5 atom stereocenters. The van der Waals surface area contributed by atoms with Crippen LogP contribution in [0.15, 0.2) is 42.5 Å². The molecule has 40 heavy (non-hydrogen) atoms. The Kier molecular flexibility index (Phi) is 6.32. The molecule has 216 valence electrons. The van der Waals surface area contributed by atoms with E-state index in [0.29, 0.717) is 25.1 Å². The standard InChI is InChI=1S/C32H42N2O5S/c1-21(2)18-34(40(36,37)20-23-7-5-4-6-8-23)25-13-14-32(35)27-17-24-11-12-26(38-3)29-28(24)31(32,30(25)39-29)15-16-33(27)19-22-9-10-22/h4-8,11-12,21-22,25,27,30,35H,9-10,13-20H2,1-3H3/t25-,27+,30-,31-,32+/m0/s1. The number of rotatable bonds is 9. The minimum absolute atomic E-state index is 0.0141. The second-order valence-corrected chi connectivity index (χ2v) is 15.2. The molecule has 3 fully saturated rings. The number of hydrogen-bond donors (Lipinski definition) is 1. The molecule has 5 aliphatic rings. The molecule has 0 radical (unpaired) electrons. The van der Waals surface area contributed by atoms with E-state index >= 15 is 0 Å². The van der Waals surface area contributed by atoms with E-state index in [-0.39, 0.29) is 23.8 Å². The summed E-state index contributed by atoms with van der Waals surface area (Å²) in [4.78, 5) is 2.55. The Hall–Kier alpha value is -2.13. The maximum atomic E-state index is 14.2. The highest BCUT2D eigenvalue weighted by molar-refractivity contribution is 7.88. The lowest BCUT2D eigenvalue weighted by atomic mass is 9.48. The third-order valence-electron chi connectivity index (χ3n) is 10.4. The largest absolute Gasteiger partial charge is 0.493 e. The number of hydrogen-bond acceptors (Lipinski definition) is 6. The van der Waals surface area contributed by atoms with Gasteiger partial charge in [0.1, 0.15) is 6.10 Å². The van der Waals surface area contributed by atoms with Crippen LogP contribution < -0.4 is 9.47 Å². The van der Waals surface area contributed by atoms with Gasteiger partial charge in [-0.25, -0.2) is 8.42 Å². The molecule has 2 aliphatic heterocycles. The Bertz CT molecular complexity index is 1390. The van der Waals surface area contributed by atoms with Crippen LogP contribution in [0.1, 0.15) is 62.6 Å². The maximum Gasteiger partial charge on any atom is 0.218 e. The lowest BCUT2D eigenvalue weighted by Crippen LogP contribution is -2.78. The van der Waals surface area contributed by atoms with Crippen LogP contribution in [-0.4, -0.2) is 73.3 Å². The molecule has 1 N–H and O–H groups in total. The number of sulfonamides is 1. The molecule has 2 aromatic carbocycles. The van der Waals surface area contributed by atoms with Crippen molar-refractivity contribution >= 4 is 10.0 Å². The minimum atomic E-state index is -3.66. The highest BCUT2D eigenvalue weighted by atomic mass is 32.2. The molecule has 2 bridgehead atoms. The van der Waals surface area contributed by atoms with Gasteiger partial charge in [0.15, 0.2) is 11.5 Å². The smallest absolute Gasteiger partial charge is 0.218 e. The molecule has 2 aromatic rings. The highest BCUT2D eigenvalue weighted by Crippen LogP contribution is 2.66. The van der Waals surface area contributed by atoms with E-state index in [9.17, 15) is 13.5 Å². The van der Waals surface area contributed by atoms with Gasteiger partial charge >= 0.3 is 0 Å². The molecule has 1 saturated heterocycles. The van der Waals surface area contributed by atoms with Gasteiger partial charge < -0.3 is 14.6 Å². The van der Waals surface area contributed by atoms with Gasteiger partial charge in [-0.1, -0.05) is 50.2 Å². The first-order valence-electron chi connectivity index (χ1n) is 15.0. The second-order valence-electron chi connectivity index (χ2n) is 13.3. The molecular formula is C32H42N2O5S. The fraction of sp³-hybridized carbons (Fsp3) is 0.625. The van der Waals surface area contributed by atoms with Gasteiger partial charge in [0, 0.05) is 24.7 Å². The van der Waals surface area contributed by atoms with E-state index in [4.69, 9.17) is 9.47 Å². The number of methoxy groups -OCH3 is 1. The van der Waals surface area contributed by atoms with Gasteiger partial charge in [-0.3, -0.25) is 4.90 Å². The van der Waals surface area contributed by atoms with Crippen molar-refractivity contribution in [1.82, 2.24) is 9.21 Å².